The second kappa shape index (κ2) is 7.61. The molecule has 8 heteroatoms. The van der Waals surface area contributed by atoms with Gasteiger partial charge in [0.2, 0.25) is 5.82 Å². The fourth-order valence-electron chi connectivity index (χ4n) is 2.15. The number of nitrogens with zero attached hydrogens (tertiary/aromatic N) is 3. The fourth-order valence-corrected chi connectivity index (χ4v) is 2.15. The highest BCUT2D eigenvalue weighted by atomic mass is 16.6. The molecule has 21 heavy (non-hydrogen) atoms. The first kappa shape index (κ1) is 16.9. The number of hydrogen-bond acceptors (Lipinski definition) is 5. The molecule has 0 saturated heterocycles. The van der Waals surface area contributed by atoms with E-state index in [0.29, 0.717) is 31.0 Å². The zero-order chi connectivity index (χ0) is 16.0. The third-order valence-electron chi connectivity index (χ3n) is 3.36. The Bertz CT molecular complexity index is 513. The SMILES string of the molecule is CCn1nc(C)c([N+](=O)[O-])c1NCCC(C)CCC(=O)O. The number of aliphatic carboxylic acids is 1. The molecule has 0 aliphatic carbocycles. The molecule has 0 spiro atoms. The number of rotatable bonds is 9. The largest absolute Gasteiger partial charge is 0.481 e. The predicted octanol–water partition coefficient (Wildman–Crippen LogP) is 2.42. The first-order chi connectivity index (χ1) is 9.86. The molecule has 1 heterocycles. The Morgan fingerprint density at radius 3 is 2.71 bits per heavy atom. The number of nitro groups is 1. The van der Waals surface area contributed by atoms with Crippen LogP contribution in [0.4, 0.5) is 11.5 Å². The summed E-state index contributed by atoms with van der Waals surface area (Å²) >= 11 is 0. The van der Waals surface area contributed by atoms with Crippen molar-refractivity contribution in [2.24, 2.45) is 5.92 Å². The van der Waals surface area contributed by atoms with Gasteiger partial charge in [0.1, 0.15) is 5.69 Å². The van der Waals surface area contributed by atoms with Crippen LogP contribution >= 0.6 is 0 Å². The van der Waals surface area contributed by atoms with E-state index >= 15 is 0 Å². The average molecular weight is 298 g/mol. The lowest BCUT2D eigenvalue weighted by Crippen LogP contribution is -2.12. The van der Waals surface area contributed by atoms with Crippen molar-refractivity contribution in [2.45, 2.75) is 46.6 Å². The quantitative estimate of drug-likeness (QED) is 0.535. The Hall–Kier alpha value is -2.12. The van der Waals surface area contributed by atoms with Crippen LogP contribution in [0.1, 0.15) is 38.8 Å². The molecule has 2 N–H and O–H groups in total. The number of carboxylic acids is 1. The van der Waals surface area contributed by atoms with Crippen LogP contribution in [0.25, 0.3) is 0 Å². The highest BCUT2D eigenvalue weighted by Crippen LogP contribution is 2.28. The monoisotopic (exact) mass is 298 g/mol. The van der Waals surface area contributed by atoms with Gasteiger partial charge in [-0.25, -0.2) is 4.68 Å². The molecule has 0 aromatic carbocycles. The van der Waals surface area contributed by atoms with Crippen molar-refractivity contribution in [3.63, 3.8) is 0 Å². The highest BCUT2D eigenvalue weighted by Gasteiger charge is 2.24. The van der Waals surface area contributed by atoms with Gasteiger partial charge >= 0.3 is 11.7 Å². The van der Waals surface area contributed by atoms with E-state index in [4.69, 9.17) is 5.11 Å². The summed E-state index contributed by atoms with van der Waals surface area (Å²) in [6.45, 7) is 6.56. The van der Waals surface area contributed by atoms with Crippen molar-refractivity contribution in [2.75, 3.05) is 11.9 Å². The van der Waals surface area contributed by atoms with Crippen molar-refractivity contribution < 1.29 is 14.8 Å². The van der Waals surface area contributed by atoms with E-state index in [1.807, 2.05) is 13.8 Å². The van der Waals surface area contributed by atoms with Gasteiger partial charge in [-0.3, -0.25) is 14.9 Å². The van der Waals surface area contributed by atoms with Gasteiger partial charge in [-0.1, -0.05) is 6.92 Å². The average Bonchev–Trinajstić information content (AvgIpc) is 2.72. The van der Waals surface area contributed by atoms with Crippen LogP contribution in [-0.4, -0.2) is 32.3 Å². The number of anilines is 1. The van der Waals surface area contributed by atoms with Gasteiger partial charge in [0, 0.05) is 19.5 Å². The number of aromatic nitrogens is 2. The molecule has 1 atom stereocenters. The first-order valence-corrected chi connectivity index (χ1v) is 7.04. The Morgan fingerprint density at radius 1 is 1.52 bits per heavy atom. The summed E-state index contributed by atoms with van der Waals surface area (Å²) < 4.78 is 1.58. The fraction of sp³-hybridized carbons (Fsp3) is 0.692. The van der Waals surface area contributed by atoms with E-state index in [0.717, 1.165) is 6.42 Å². The molecule has 118 valence electrons. The molecule has 0 saturated carbocycles. The lowest BCUT2D eigenvalue weighted by molar-refractivity contribution is -0.384. The normalized spacial score (nSPS) is 12.1. The zero-order valence-electron chi connectivity index (χ0n) is 12.6. The van der Waals surface area contributed by atoms with Gasteiger partial charge in [-0.2, -0.15) is 5.10 Å². The molecule has 0 aliphatic heterocycles. The molecule has 1 unspecified atom stereocenters. The van der Waals surface area contributed by atoms with E-state index in [2.05, 4.69) is 10.4 Å². The molecule has 1 rings (SSSR count). The van der Waals surface area contributed by atoms with Crippen LogP contribution in [0.2, 0.25) is 0 Å². The van der Waals surface area contributed by atoms with Crippen LogP contribution in [0, 0.1) is 23.0 Å². The van der Waals surface area contributed by atoms with Gasteiger partial charge in [-0.15, -0.1) is 0 Å². The number of carbonyl (C=O) groups is 1. The zero-order valence-corrected chi connectivity index (χ0v) is 12.6. The number of nitrogens with one attached hydrogen (secondary N) is 1. The van der Waals surface area contributed by atoms with Crippen molar-refractivity contribution in [1.82, 2.24) is 9.78 Å². The minimum atomic E-state index is -0.801. The smallest absolute Gasteiger partial charge is 0.333 e. The lowest BCUT2D eigenvalue weighted by atomic mass is 10.0. The molecule has 0 aliphatic rings. The van der Waals surface area contributed by atoms with E-state index in [1.54, 1.807) is 11.6 Å². The van der Waals surface area contributed by atoms with Crippen LogP contribution < -0.4 is 5.32 Å². The van der Waals surface area contributed by atoms with Crippen molar-refractivity contribution in [3.8, 4) is 0 Å². The Labute approximate surface area is 123 Å². The number of hydrogen-bond donors (Lipinski definition) is 2. The van der Waals surface area contributed by atoms with E-state index in [-0.39, 0.29) is 18.0 Å². The van der Waals surface area contributed by atoms with E-state index < -0.39 is 10.9 Å². The Kier molecular flexibility index (Phi) is 6.13. The van der Waals surface area contributed by atoms with Gasteiger partial charge in [-0.05, 0) is 32.6 Å². The first-order valence-electron chi connectivity index (χ1n) is 7.04. The molecule has 0 radical (unpaired) electrons. The lowest BCUT2D eigenvalue weighted by Gasteiger charge is -2.12. The molecule has 8 nitrogen and oxygen atoms in total. The minimum absolute atomic E-state index is 0.00930. The minimum Gasteiger partial charge on any atom is -0.481 e. The standard InChI is InChI=1S/C13H22N4O4/c1-4-16-13(12(17(20)21)10(3)15-16)14-8-7-9(2)5-6-11(18)19/h9,14H,4-8H2,1-3H3,(H,18,19). The molecular formula is C13H22N4O4. The predicted molar refractivity (Wildman–Crippen MR) is 78.4 cm³/mol. The van der Waals surface area contributed by atoms with Crippen LogP contribution in [-0.2, 0) is 11.3 Å². The summed E-state index contributed by atoms with van der Waals surface area (Å²) in [4.78, 5) is 21.2. The van der Waals surface area contributed by atoms with Gasteiger partial charge < -0.3 is 10.4 Å². The summed E-state index contributed by atoms with van der Waals surface area (Å²) in [6, 6.07) is 0. The summed E-state index contributed by atoms with van der Waals surface area (Å²) in [5.41, 5.74) is 0.401. The van der Waals surface area contributed by atoms with Crippen LogP contribution in [0.3, 0.4) is 0 Å². The molecule has 1 aromatic heterocycles. The Morgan fingerprint density at radius 2 is 2.19 bits per heavy atom. The number of carboxylic acid groups (broad SMARTS) is 1. The third-order valence-corrected chi connectivity index (χ3v) is 3.36. The second-order valence-corrected chi connectivity index (χ2v) is 5.11. The van der Waals surface area contributed by atoms with Gasteiger partial charge in [0.25, 0.3) is 0 Å². The van der Waals surface area contributed by atoms with Crippen molar-refractivity contribution >= 4 is 17.5 Å². The molecule has 1 aromatic rings. The summed E-state index contributed by atoms with van der Waals surface area (Å²) in [5, 5.41) is 26.9. The second-order valence-electron chi connectivity index (χ2n) is 5.11. The van der Waals surface area contributed by atoms with Gasteiger partial charge in [0.15, 0.2) is 0 Å². The maximum Gasteiger partial charge on any atom is 0.333 e. The molecule has 0 bridgehead atoms. The topological polar surface area (TPSA) is 110 Å². The Balaban J connectivity index is 2.62. The van der Waals surface area contributed by atoms with E-state index in [1.165, 1.54) is 0 Å². The maximum absolute atomic E-state index is 11.1. The van der Waals surface area contributed by atoms with Crippen LogP contribution in [0.5, 0.6) is 0 Å². The van der Waals surface area contributed by atoms with Crippen molar-refractivity contribution in [1.29, 1.82) is 0 Å². The summed E-state index contributed by atoms with van der Waals surface area (Å²) in [6.07, 6.45) is 1.50. The van der Waals surface area contributed by atoms with E-state index in [9.17, 15) is 14.9 Å². The van der Waals surface area contributed by atoms with Crippen molar-refractivity contribution in [3.05, 3.63) is 15.8 Å². The summed E-state index contributed by atoms with van der Waals surface area (Å²) in [5.74, 6) is -0.137. The molecule has 0 fully saturated rings. The molecule has 0 amide bonds. The third kappa shape index (κ3) is 4.73. The van der Waals surface area contributed by atoms with Gasteiger partial charge in [0.05, 0.1) is 4.92 Å². The maximum atomic E-state index is 11.1. The highest BCUT2D eigenvalue weighted by molar-refractivity contribution is 5.66. The number of aryl methyl sites for hydroxylation is 2. The summed E-state index contributed by atoms with van der Waals surface area (Å²) in [7, 11) is 0. The van der Waals surface area contributed by atoms with Crippen LogP contribution in [0.15, 0.2) is 0 Å². The molecular weight excluding hydrogens is 276 g/mol.